The second kappa shape index (κ2) is 2.58. The molecule has 1 aromatic rings. The third-order valence-electron chi connectivity index (χ3n) is 2.05. The highest BCUT2D eigenvalue weighted by atomic mass is 79.9. The normalized spacial score (nSPS) is 16.5. The van der Waals surface area contributed by atoms with Gasteiger partial charge in [-0.25, -0.2) is 0 Å². The molecule has 0 fully saturated rings. The Labute approximate surface area is 78.1 Å². The maximum absolute atomic E-state index is 11.5. The van der Waals surface area contributed by atoms with Crippen molar-refractivity contribution < 1.29 is 4.79 Å². The third kappa shape index (κ3) is 0.964. The first-order valence-electron chi connectivity index (χ1n) is 3.68. The van der Waals surface area contributed by atoms with Crippen molar-refractivity contribution in [1.82, 2.24) is 15.1 Å². The Bertz CT molecular complexity index is 333. The number of rotatable bonds is 0. The molecule has 0 spiro atoms. The van der Waals surface area contributed by atoms with Crippen LogP contribution < -0.4 is 0 Å². The molecule has 64 valence electrons. The molecule has 0 saturated carbocycles. The molecule has 1 aromatic heterocycles. The van der Waals surface area contributed by atoms with E-state index in [1.807, 2.05) is 0 Å². The van der Waals surface area contributed by atoms with Crippen LogP contribution in [0.25, 0.3) is 0 Å². The standard InChI is InChI=1S/C7H8BrN3O/c1-11-3-2-4-5(7(11)12)6(8)10-9-4/h2-3H2,1H3,(H,9,10). The molecule has 2 rings (SSSR count). The first-order chi connectivity index (χ1) is 5.70. The fourth-order valence-corrected chi connectivity index (χ4v) is 1.82. The molecular formula is C7H8BrN3O. The molecule has 4 nitrogen and oxygen atoms in total. The van der Waals surface area contributed by atoms with Crippen LogP contribution in [0.15, 0.2) is 4.60 Å². The minimum atomic E-state index is 0.0388. The van der Waals surface area contributed by atoms with Crippen molar-refractivity contribution in [3.05, 3.63) is 15.9 Å². The number of aromatic amines is 1. The zero-order chi connectivity index (χ0) is 8.72. The second-order valence-corrected chi connectivity index (χ2v) is 3.60. The van der Waals surface area contributed by atoms with Gasteiger partial charge in [0.05, 0.1) is 11.3 Å². The van der Waals surface area contributed by atoms with Crippen LogP contribution in [0.5, 0.6) is 0 Å². The number of carbonyl (C=O) groups is 1. The number of H-pyrrole nitrogens is 1. The summed E-state index contributed by atoms with van der Waals surface area (Å²) >= 11 is 3.23. The van der Waals surface area contributed by atoms with Gasteiger partial charge in [0, 0.05) is 20.0 Å². The van der Waals surface area contributed by atoms with Crippen molar-refractivity contribution in [2.45, 2.75) is 6.42 Å². The summed E-state index contributed by atoms with van der Waals surface area (Å²) in [5, 5.41) is 6.76. The Balaban J connectivity index is 2.53. The van der Waals surface area contributed by atoms with E-state index < -0.39 is 0 Å². The number of nitrogens with zero attached hydrogens (tertiary/aromatic N) is 2. The molecule has 1 aliphatic heterocycles. The smallest absolute Gasteiger partial charge is 0.258 e. The minimum absolute atomic E-state index is 0.0388. The Hall–Kier alpha value is -0.840. The zero-order valence-electron chi connectivity index (χ0n) is 6.59. The van der Waals surface area contributed by atoms with Gasteiger partial charge < -0.3 is 4.90 Å². The Morgan fingerprint density at radius 1 is 1.67 bits per heavy atom. The number of hydrogen-bond donors (Lipinski definition) is 1. The Morgan fingerprint density at radius 2 is 2.42 bits per heavy atom. The van der Waals surface area contributed by atoms with Crippen molar-refractivity contribution in [3.63, 3.8) is 0 Å². The number of nitrogens with one attached hydrogen (secondary N) is 1. The fraction of sp³-hybridized carbons (Fsp3) is 0.429. The summed E-state index contributed by atoms with van der Waals surface area (Å²) < 4.78 is 0.619. The number of amides is 1. The van der Waals surface area contributed by atoms with Crippen LogP contribution in [-0.4, -0.2) is 34.6 Å². The molecule has 0 bridgehead atoms. The summed E-state index contributed by atoms with van der Waals surface area (Å²) in [6.07, 6.45) is 0.857. The van der Waals surface area contributed by atoms with E-state index in [9.17, 15) is 4.79 Å². The minimum Gasteiger partial charge on any atom is -0.341 e. The average molecular weight is 230 g/mol. The lowest BCUT2D eigenvalue weighted by Gasteiger charge is -2.21. The number of fused-ring (bicyclic) bond motifs is 1. The molecule has 1 aliphatic rings. The SMILES string of the molecule is CN1CCc2[nH]nc(Br)c2C1=O. The summed E-state index contributed by atoms with van der Waals surface area (Å²) in [4.78, 5) is 13.2. The van der Waals surface area contributed by atoms with E-state index in [4.69, 9.17) is 0 Å². The number of aromatic nitrogens is 2. The van der Waals surface area contributed by atoms with Gasteiger partial charge >= 0.3 is 0 Å². The summed E-state index contributed by atoms with van der Waals surface area (Å²) in [5.74, 6) is 0.0388. The van der Waals surface area contributed by atoms with E-state index in [1.54, 1.807) is 11.9 Å². The van der Waals surface area contributed by atoms with Crippen LogP contribution in [-0.2, 0) is 6.42 Å². The van der Waals surface area contributed by atoms with Crippen LogP contribution in [0.4, 0.5) is 0 Å². The molecule has 1 N–H and O–H groups in total. The summed E-state index contributed by atoms with van der Waals surface area (Å²) in [5.41, 5.74) is 1.62. The third-order valence-corrected chi connectivity index (χ3v) is 2.63. The molecule has 12 heavy (non-hydrogen) atoms. The predicted molar refractivity (Wildman–Crippen MR) is 47.0 cm³/mol. The maximum Gasteiger partial charge on any atom is 0.258 e. The molecule has 1 amide bonds. The zero-order valence-corrected chi connectivity index (χ0v) is 8.18. The van der Waals surface area contributed by atoms with Crippen LogP contribution >= 0.6 is 15.9 Å². The van der Waals surface area contributed by atoms with E-state index in [1.165, 1.54) is 0 Å². The van der Waals surface area contributed by atoms with E-state index >= 15 is 0 Å². The Morgan fingerprint density at radius 3 is 3.17 bits per heavy atom. The van der Waals surface area contributed by atoms with Gasteiger partial charge in [-0.05, 0) is 15.9 Å². The van der Waals surface area contributed by atoms with Crippen molar-refractivity contribution in [2.24, 2.45) is 0 Å². The van der Waals surface area contributed by atoms with Crippen LogP contribution in [0.2, 0.25) is 0 Å². The van der Waals surface area contributed by atoms with E-state index in [-0.39, 0.29) is 5.91 Å². The van der Waals surface area contributed by atoms with Crippen molar-refractivity contribution in [3.8, 4) is 0 Å². The van der Waals surface area contributed by atoms with Gasteiger partial charge in [-0.1, -0.05) is 0 Å². The lowest BCUT2D eigenvalue weighted by atomic mass is 10.1. The molecule has 0 radical (unpaired) electrons. The van der Waals surface area contributed by atoms with Crippen LogP contribution in [0, 0.1) is 0 Å². The predicted octanol–water partition coefficient (Wildman–Crippen LogP) is 0.800. The highest BCUT2D eigenvalue weighted by molar-refractivity contribution is 9.10. The maximum atomic E-state index is 11.5. The molecule has 0 atom stereocenters. The van der Waals surface area contributed by atoms with Crippen molar-refractivity contribution in [1.29, 1.82) is 0 Å². The topological polar surface area (TPSA) is 49.0 Å². The molecule has 0 unspecified atom stereocenters. The quantitative estimate of drug-likeness (QED) is 0.716. The molecule has 0 saturated heterocycles. The van der Waals surface area contributed by atoms with Crippen molar-refractivity contribution >= 4 is 21.8 Å². The first kappa shape index (κ1) is 7.79. The van der Waals surface area contributed by atoms with Gasteiger partial charge in [0.15, 0.2) is 0 Å². The van der Waals surface area contributed by atoms with Gasteiger partial charge in [-0.2, -0.15) is 5.10 Å². The number of carbonyl (C=O) groups excluding carboxylic acids is 1. The van der Waals surface area contributed by atoms with Gasteiger partial charge in [-0.15, -0.1) is 0 Å². The molecule has 5 heteroatoms. The van der Waals surface area contributed by atoms with Crippen molar-refractivity contribution in [2.75, 3.05) is 13.6 Å². The number of hydrogen-bond acceptors (Lipinski definition) is 2. The van der Waals surface area contributed by atoms with Crippen LogP contribution in [0.3, 0.4) is 0 Å². The lowest BCUT2D eigenvalue weighted by molar-refractivity contribution is 0.0779. The van der Waals surface area contributed by atoms with E-state index in [0.717, 1.165) is 18.7 Å². The highest BCUT2D eigenvalue weighted by Gasteiger charge is 2.26. The summed E-state index contributed by atoms with van der Waals surface area (Å²) in [7, 11) is 1.80. The monoisotopic (exact) mass is 229 g/mol. The van der Waals surface area contributed by atoms with Crippen LogP contribution in [0.1, 0.15) is 16.1 Å². The summed E-state index contributed by atoms with van der Waals surface area (Å²) in [6.45, 7) is 0.764. The van der Waals surface area contributed by atoms with Gasteiger partial charge in [0.2, 0.25) is 0 Å². The van der Waals surface area contributed by atoms with Gasteiger partial charge in [0.25, 0.3) is 5.91 Å². The summed E-state index contributed by atoms with van der Waals surface area (Å²) in [6, 6.07) is 0. The van der Waals surface area contributed by atoms with Gasteiger partial charge in [-0.3, -0.25) is 9.89 Å². The fourth-order valence-electron chi connectivity index (χ4n) is 1.32. The number of likely N-dealkylation sites (N-methyl/N-ethyl adjacent to an activating group) is 1. The highest BCUT2D eigenvalue weighted by Crippen LogP contribution is 2.22. The van der Waals surface area contributed by atoms with E-state index in [2.05, 4.69) is 26.1 Å². The lowest BCUT2D eigenvalue weighted by Crippen LogP contribution is -2.33. The molecule has 0 aliphatic carbocycles. The molecule has 0 aromatic carbocycles. The van der Waals surface area contributed by atoms with Gasteiger partial charge in [0.1, 0.15) is 4.60 Å². The van der Waals surface area contributed by atoms with E-state index in [0.29, 0.717) is 10.2 Å². The average Bonchev–Trinajstić information content (AvgIpc) is 2.41. The first-order valence-corrected chi connectivity index (χ1v) is 4.47. The molecule has 2 heterocycles. The Kier molecular flexibility index (Phi) is 1.68. The largest absolute Gasteiger partial charge is 0.341 e. The second-order valence-electron chi connectivity index (χ2n) is 2.84. The molecular weight excluding hydrogens is 222 g/mol. The number of halogens is 1.